The fraction of sp³-hybridized carbons (Fsp3) is 0.375. The molecule has 2 aromatic rings. The monoisotopic (exact) mass is 422 g/mol. The number of nitrogens with zero attached hydrogens (tertiary/aromatic N) is 1. The zero-order valence-corrected chi connectivity index (χ0v) is 17.3. The molecule has 1 heterocycles. The average molecular weight is 422 g/mol. The molecule has 0 spiro atoms. The second-order valence-corrected chi connectivity index (χ2v) is 8.07. The van der Waals surface area contributed by atoms with Crippen LogP contribution in [0.4, 0.5) is 11.4 Å². The Morgan fingerprint density at radius 2 is 1.71 bits per heavy atom. The molecular formula is C24H26N2O5. The summed E-state index contributed by atoms with van der Waals surface area (Å²) in [6.45, 7) is 0.217. The fourth-order valence-electron chi connectivity index (χ4n) is 4.46. The average Bonchev–Trinajstić information content (AvgIpc) is 3.23. The van der Waals surface area contributed by atoms with Crippen molar-refractivity contribution in [1.29, 1.82) is 0 Å². The number of hydrogen-bond donors (Lipinski definition) is 2. The van der Waals surface area contributed by atoms with E-state index in [1.165, 1.54) is 12.1 Å². The van der Waals surface area contributed by atoms with Crippen molar-refractivity contribution in [3.8, 4) is 5.75 Å². The number of anilines is 2. The lowest BCUT2D eigenvalue weighted by molar-refractivity contribution is -0.156. The van der Waals surface area contributed by atoms with E-state index in [4.69, 9.17) is 4.74 Å². The lowest BCUT2D eigenvalue weighted by Gasteiger charge is -2.32. The Morgan fingerprint density at radius 1 is 1.00 bits per heavy atom. The highest BCUT2D eigenvalue weighted by Gasteiger charge is 2.40. The third kappa shape index (κ3) is 4.71. The van der Waals surface area contributed by atoms with Gasteiger partial charge in [-0.1, -0.05) is 31.0 Å². The van der Waals surface area contributed by atoms with Crippen LogP contribution in [0.5, 0.6) is 5.75 Å². The maximum absolute atomic E-state index is 13.3. The van der Waals surface area contributed by atoms with Crippen LogP contribution in [0.3, 0.4) is 0 Å². The first-order valence-electron chi connectivity index (χ1n) is 10.7. The van der Waals surface area contributed by atoms with Gasteiger partial charge in [-0.15, -0.1) is 0 Å². The van der Waals surface area contributed by atoms with Crippen LogP contribution in [0.15, 0.2) is 48.5 Å². The summed E-state index contributed by atoms with van der Waals surface area (Å²) in [4.78, 5) is 40.0. The van der Waals surface area contributed by atoms with Gasteiger partial charge in [-0.3, -0.25) is 14.4 Å². The number of fused-ring (bicyclic) bond motifs is 1. The number of amides is 2. The molecule has 0 saturated heterocycles. The summed E-state index contributed by atoms with van der Waals surface area (Å²) >= 11 is 0. The number of phenols is 1. The molecule has 2 aliphatic rings. The van der Waals surface area contributed by atoms with Gasteiger partial charge < -0.3 is 20.1 Å². The van der Waals surface area contributed by atoms with Gasteiger partial charge in [0, 0.05) is 17.9 Å². The molecule has 2 unspecified atom stereocenters. The Labute approximate surface area is 181 Å². The molecule has 7 nitrogen and oxygen atoms in total. The molecule has 0 bridgehead atoms. The van der Waals surface area contributed by atoms with Gasteiger partial charge in [0.2, 0.25) is 5.91 Å². The molecule has 4 rings (SSSR count). The molecular weight excluding hydrogens is 396 g/mol. The summed E-state index contributed by atoms with van der Waals surface area (Å²) in [5.41, 5.74) is 2.58. The highest BCUT2D eigenvalue weighted by atomic mass is 16.5. The van der Waals surface area contributed by atoms with Crippen LogP contribution >= 0.6 is 0 Å². The van der Waals surface area contributed by atoms with Gasteiger partial charge in [-0.05, 0) is 55.2 Å². The van der Waals surface area contributed by atoms with Crippen molar-refractivity contribution in [2.45, 2.75) is 32.1 Å². The molecule has 1 aliphatic heterocycles. The van der Waals surface area contributed by atoms with Crippen molar-refractivity contribution >= 4 is 29.2 Å². The summed E-state index contributed by atoms with van der Waals surface area (Å²) in [6.07, 6.45) is 3.82. The van der Waals surface area contributed by atoms with E-state index in [1.807, 2.05) is 24.3 Å². The van der Waals surface area contributed by atoms with Gasteiger partial charge in [-0.2, -0.15) is 0 Å². The summed E-state index contributed by atoms with van der Waals surface area (Å²) < 4.78 is 5.28. The van der Waals surface area contributed by atoms with E-state index in [0.717, 1.165) is 30.5 Å². The molecule has 31 heavy (non-hydrogen) atoms. The molecule has 1 aliphatic carbocycles. The maximum atomic E-state index is 13.3. The smallest absolute Gasteiger partial charge is 0.310 e. The number of aromatic hydroxyl groups is 1. The van der Waals surface area contributed by atoms with Crippen LogP contribution < -0.4 is 10.2 Å². The Kier molecular flexibility index (Phi) is 6.21. The van der Waals surface area contributed by atoms with E-state index in [0.29, 0.717) is 25.1 Å². The van der Waals surface area contributed by atoms with Crippen LogP contribution in [-0.2, 0) is 25.5 Å². The fourth-order valence-corrected chi connectivity index (χ4v) is 4.46. The lowest BCUT2D eigenvalue weighted by Crippen LogP contribution is -2.42. The number of rotatable bonds is 5. The molecule has 1 saturated carbocycles. The normalized spacial score (nSPS) is 20.1. The number of esters is 1. The standard InChI is InChI=1S/C24H26N2O5/c27-18-11-9-17(10-12-18)25-22(28)15-31-24(30)20-7-3-2-6-19(20)23(29)26-14-13-16-5-1-4-8-21(16)26/h1,4-5,8-12,19-20,27H,2-3,6-7,13-15H2,(H,25,28). The van der Waals surface area contributed by atoms with Crippen molar-refractivity contribution in [3.63, 3.8) is 0 Å². The second kappa shape index (κ2) is 9.20. The summed E-state index contributed by atoms with van der Waals surface area (Å²) in [7, 11) is 0. The highest BCUT2D eigenvalue weighted by Crippen LogP contribution is 2.36. The van der Waals surface area contributed by atoms with Crippen molar-refractivity contribution in [1.82, 2.24) is 0 Å². The number of nitrogens with one attached hydrogen (secondary N) is 1. The molecule has 1 fully saturated rings. The second-order valence-electron chi connectivity index (χ2n) is 8.07. The minimum atomic E-state index is -0.532. The third-order valence-corrected chi connectivity index (χ3v) is 6.04. The van der Waals surface area contributed by atoms with Crippen LogP contribution in [0.1, 0.15) is 31.2 Å². The quantitative estimate of drug-likeness (QED) is 0.570. The zero-order valence-electron chi connectivity index (χ0n) is 17.3. The molecule has 2 amide bonds. The Morgan fingerprint density at radius 3 is 2.48 bits per heavy atom. The lowest BCUT2D eigenvalue weighted by atomic mass is 9.78. The molecule has 2 N–H and O–H groups in total. The zero-order chi connectivity index (χ0) is 21.8. The number of ether oxygens (including phenoxy) is 1. The summed E-state index contributed by atoms with van der Waals surface area (Å²) in [5.74, 6) is -1.85. The van der Waals surface area contributed by atoms with Crippen LogP contribution in [-0.4, -0.2) is 36.0 Å². The molecule has 7 heteroatoms. The van der Waals surface area contributed by atoms with E-state index < -0.39 is 30.3 Å². The van der Waals surface area contributed by atoms with E-state index >= 15 is 0 Å². The third-order valence-electron chi connectivity index (χ3n) is 6.04. The van der Waals surface area contributed by atoms with Crippen LogP contribution in [0.25, 0.3) is 0 Å². The van der Waals surface area contributed by atoms with Gasteiger partial charge in [0.1, 0.15) is 5.75 Å². The first-order valence-corrected chi connectivity index (χ1v) is 10.7. The number of phenolic OH excluding ortho intramolecular Hbond substituents is 1. The van der Waals surface area contributed by atoms with Crippen molar-refractivity contribution < 1.29 is 24.2 Å². The van der Waals surface area contributed by atoms with E-state index in [2.05, 4.69) is 5.32 Å². The Bertz CT molecular complexity index is 972. The maximum Gasteiger partial charge on any atom is 0.310 e. The number of hydrogen-bond acceptors (Lipinski definition) is 5. The van der Waals surface area contributed by atoms with E-state index in [-0.39, 0.29) is 11.7 Å². The SMILES string of the molecule is O=C(COC(=O)C1CCCCC1C(=O)N1CCc2ccccc21)Nc1ccc(O)cc1. The number of para-hydroxylation sites is 1. The minimum absolute atomic E-state index is 0.0276. The van der Waals surface area contributed by atoms with E-state index in [9.17, 15) is 19.5 Å². The largest absolute Gasteiger partial charge is 0.508 e. The van der Waals surface area contributed by atoms with Gasteiger partial charge in [0.15, 0.2) is 6.61 Å². The van der Waals surface area contributed by atoms with Crippen molar-refractivity contribution in [2.24, 2.45) is 11.8 Å². The topological polar surface area (TPSA) is 95.9 Å². The molecule has 2 aromatic carbocycles. The molecule has 2 atom stereocenters. The van der Waals surface area contributed by atoms with Gasteiger partial charge in [0.25, 0.3) is 5.91 Å². The molecule has 0 aromatic heterocycles. The highest BCUT2D eigenvalue weighted by molar-refractivity contribution is 5.99. The van der Waals surface area contributed by atoms with Crippen LogP contribution in [0.2, 0.25) is 0 Å². The first kappa shape index (κ1) is 20.9. The number of carbonyl (C=O) groups excluding carboxylic acids is 3. The van der Waals surface area contributed by atoms with Crippen molar-refractivity contribution in [2.75, 3.05) is 23.4 Å². The van der Waals surface area contributed by atoms with Crippen LogP contribution in [0, 0.1) is 11.8 Å². The molecule has 162 valence electrons. The predicted molar refractivity (Wildman–Crippen MR) is 116 cm³/mol. The van der Waals surface area contributed by atoms with Gasteiger partial charge in [-0.25, -0.2) is 0 Å². The number of carbonyl (C=O) groups is 3. The summed E-state index contributed by atoms with van der Waals surface area (Å²) in [5, 5.41) is 11.9. The molecule has 0 radical (unpaired) electrons. The summed E-state index contributed by atoms with van der Waals surface area (Å²) in [6, 6.07) is 13.9. The number of benzene rings is 2. The van der Waals surface area contributed by atoms with Gasteiger partial charge in [0.05, 0.1) is 11.8 Å². The van der Waals surface area contributed by atoms with Crippen molar-refractivity contribution in [3.05, 3.63) is 54.1 Å². The van der Waals surface area contributed by atoms with Gasteiger partial charge >= 0.3 is 5.97 Å². The first-order chi connectivity index (χ1) is 15.0. The minimum Gasteiger partial charge on any atom is -0.508 e. The van der Waals surface area contributed by atoms with E-state index in [1.54, 1.807) is 17.0 Å². The Balaban J connectivity index is 1.37. The predicted octanol–water partition coefficient (Wildman–Crippen LogP) is 3.27. The Hall–Kier alpha value is -3.35.